The molecule has 0 amide bonds. The predicted molar refractivity (Wildman–Crippen MR) is 102 cm³/mol. The maximum absolute atomic E-state index is 3.64. The van der Waals surface area contributed by atoms with Gasteiger partial charge in [0.05, 0.1) is 3.79 Å². The zero-order valence-corrected chi connectivity index (χ0v) is 16.1. The van der Waals surface area contributed by atoms with E-state index in [9.17, 15) is 0 Å². The molecule has 0 N–H and O–H groups in total. The number of thiophene rings is 2. The Hall–Kier alpha value is -0.120. The number of aryl methyl sites for hydroxylation is 1. The van der Waals surface area contributed by atoms with Gasteiger partial charge in [0.15, 0.2) is 0 Å². The lowest BCUT2D eigenvalue weighted by molar-refractivity contribution is 0.576. The lowest BCUT2D eigenvalue weighted by atomic mass is 10.1. The molecule has 2 rings (SSSR count). The van der Waals surface area contributed by atoms with Crippen LogP contribution in [0.2, 0.25) is 0 Å². The summed E-state index contributed by atoms with van der Waals surface area (Å²) in [5.41, 5.74) is 1.35. The second-order valence-corrected chi connectivity index (χ2v) is 9.00. The van der Waals surface area contributed by atoms with E-state index in [4.69, 9.17) is 0 Å². The van der Waals surface area contributed by atoms with Crippen LogP contribution in [0.3, 0.4) is 0 Å². The fourth-order valence-electron chi connectivity index (χ4n) is 2.56. The maximum Gasteiger partial charge on any atom is 0.0784 e. The fourth-order valence-corrected chi connectivity index (χ4v) is 5.13. The van der Waals surface area contributed by atoms with E-state index >= 15 is 0 Å². The Morgan fingerprint density at radius 1 is 0.905 bits per heavy atom. The largest absolute Gasteiger partial charge is 0.140 e. The van der Waals surface area contributed by atoms with Gasteiger partial charge in [-0.2, -0.15) is 0 Å². The summed E-state index contributed by atoms with van der Waals surface area (Å²) in [5, 5.41) is 2.15. The molecule has 0 radical (unpaired) electrons. The van der Waals surface area contributed by atoms with Crippen molar-refractivity contribution in [2.75, 3.05) is 0 Å². The third kappa shape index (κ3) is 5.88. The van der Waals surface area contributed by atoms with Crippen molar-refractivity contribution in [3.63, 3.8) is 0 Å². The highest BCUT2D eigenvalue weighted by molar-refractivity contribution is 9.11. The SMILES string of the molecule is CCCCCCCCCCc1ccc(-c2ccsc2Br)s1. The monoisotopic (exact) mass is 384 g/mol. The van der Waals surface area contributed by atoms with Crippen molar-refractivity contribution in [3.05, 3.63) is 32.2 Å². The molecule has 2 heterocycles. The van der Waals surface area contributed by atoms with E-state index < -0.39 is 0 Å². The maximum atomic E-state index is 3.64. The molecule has 2 aromatic rings. The molecule has 0 atom stereocenters. The Morgan fingerprint density at radius 2 is 1.62 bits per heavy atom. The smallest absolute Gasteiger partial charge is 0.0784 e. The van der Waals surface area contributed by atoms with Crippen LogP contribution >= 0.6 is 38.6 Å². The molecule has 0 unspecified atom stereocenters. The van der Waals surface area contributed by atoms with E-state index in [2.05, 4.69) is 46.4 Å². The first kappa shape index (κ1) is 17.2. The minimum Gasteiger partial charge on any atom is -0.140 e. The molecule has 116 valence electrons. The second-order valence-electron chi connectivity index (χ2n) is 5.60. The molecule has 0 nitrogen and oxygen atoms in total. The number of unbranched alkanes of at least 4 members (excludes halogenated alkanes) is 7. The molecule has 0 fully saturated rings. The first-order chi connectivity index (χ1) is 10.3. The van der Waals surface area contributed by atoms with E-state index in [0.717, 1.165) is 0 Å². The van der Waals surface area contributed by atoms with Crippen LogP contribution < -0.4 is 0 Å². The molecule has 0 spiro atoms. The van der Waals surface area contributed by atoms with Gasteiger partial charge in [0.25, 0.3) is 0 Å². The molecule has 21 heavy (non-hydrogen) atoms. The number of hydrogen-bond donors (Lipinski definition) is 0. The molecule has 3 heteroatoms. The Morgan fingerprint density at radius 3 is 2.29 bits per heavy atom. The van der Waals surface area contributed by atoms with Gasteiger partial charge in [-0.25, -0.2) is 0 Å². The third-order valence-corrected chi connectivity index (χ3v) is 6.69. The number of halogens is 1. The predicted octanol–water partition coefficient (Wildman–Crippen LogP) is 7.92. The summed E-state index contributed by atoms with van der Waals surface area (Å²) in [6.45, 7) is 2.28. The van der Waals surface area contributed by atoms with Gasteiger partial charge in [0, 0.05) is 15.3 Å². The van der Waals surface area contributed by atoms with Gasteiger partial charge in [-0.1, -0.05) is 51.9 Å². The molecule has 0 saturated carbocycles. The zero-order chi connectivity index (χ0) is 14.9. The van der Waals surface area contributed by atoms with Crippen LogP contribution in [0.5, 0.6) is 0 Å². The molecule has 0 saturated heterocycles. The van der Waals surface area contributed by atoms with Crippen molar-refractivity contribution in [1.29, 1.82) is 0 Å². The molecular weight excluding hydrogens is 360 g/mol. The topological polar surface area (TPSA) is 0 Å². The lowest BCUT2D eigenvalue weighted by Gasteiger charge is -2.01. The quantitative estimate of drug-likeness (QED) is 0.364. The van der Waals surface area contributed by atoms with Gasteiger partial charge >= 0.3 is 0 Å². The third-order valence-electron chi connectivity index (χ3n) is 3.82. The van der Waals surface area contributed by atoms with Crippen LogP contribution in [-0.2, 0) is 6.42 Å². The minimum atomic E-state index is 1.25. The zero-order valence-electron chi connectivity index (χ0n) is 12.9. The van der Waals surface area contributed by atoms with Crippen molar-refractivity contribution in [3.8, 4) is 10.4 Å². The first-order valence-corrected chi connectivity index (χ1v) is 10.6. The summed E-state index contributed by atoms with van der Waals surface area (Å²) in [4.78, 5) is 2.94. The van der Waals surface area contributed by atoms with Gasteiger partial charge < -0.3 is 0 Å². The Kier molecular flexibility index (Phi) is 8.05. The van der Waals surface area contributed by atoms with Crippen molar-refractivity contribution in [2.24, 2.45) is 0 Å². The highest BCUT2D eigenvalue weighted by Crippen LogP contribution is 2.37. The molecule has 0 aromatic carbocycles. The van der Waals surface area contributed by atoms with Crippen LogP contribution in [0.25, 0.3) is 10.4 Å². The number of hydrogen-bond acceptors (Lipinski definition) is 2. The lowest BCUT2D eigenvalue weighted by Crippen LogP contribution is -1.83. The molecule has 0 aliphatic heterocycles. The van der Waals surface area contributed by atoms with E-state index in [1.54, 1.807) is 11.3 Å². The van der Waals surface area contributed by atoms with Gasteiger partial charge in [0.1, 0.15) is 0 Å². The summed E-state index contributed by atoms with van der Waals surface area (Å²) in [6.07, 6.45) is 12.5. The average Bonchev–Trinajstić information content (AvgIpc) is 3.10. The fraction of sp³-hybridized carbons (Fsp3) is 0.556. The van der Waals surface area contributed by atoms with Gasteiger partial charge in [0.2, 0.25) is 0 Å². The number of rotatable bonds is 10. The van der Waals surface area contributed by atoms with Gasteiger partial charge in [-0.05, 0) is 52.4 Å². The Balaban J connectivity index is 1.64. The summed E-state index contributed by atoms with van der Waals surface area (Å²) >= 11 is 7.36. The van der Waals surface area contributed by atoms with E-state index in [1.807, 2.05) is 11.3 Å². The molecule has 0 aliphatic carbocycles. The highest BCUT2D eigenvalue weighted by atomic mass is 79.9. The molecule has 2 aromatic heterocycles. The van der Waals surface area contributed by atoms with Crippen LogP contribution in [0.1, 0.15) is 63.2 Å². The average molecular weight is 385 g/mol. The van der Waals surface area contributed by atoms with E-state index in [1.165, 1.54) is 76.9 Å². The highest BCUT2D eigenvalue weighted by Gasteiger charge is 2.07. The van der Waals surface area contributed by atoms with Crippen LogP contribution in [-0.4, -0.2) is 0 Å². The Bertz CT molecular complexity index is 513. The summed E-state index contributed by atoms with van der Waals surface area (Å²) < 4.78 is 1.25. The van der Waals surface area contributed by atoms with E-state index in [-0.39, 0.29) is 0 Å². The van der Waals surface area contributed by atoms with Crippen LogP contribution in [0.15, 0.2) is 27.4 Å². The molecule has 0 aliphatic rings. The minimum absolute atomic E-state index is 1.25. The van der Waals surface area contributed by atoms with Gasteiger partial charge in [-0.15, -0.1) is 22.7 Å². The van der Waals surface area contributed by atoms with Crippen molar-refractivity contribution >= 4 is 38.6 Å². The second kappa shape index (κ2) is 9.81. The summed E-state index contributed by atoms with van der Waals surface area (Å²) in [5.74, 6) is 0. The first-order valence-electron chi connectivity index (χ1n) is 8.13. The molecular formula is C18H25BrS2. The summed E-state index contributed by atoms with van der Waals surface area (Å²) in [7, 11) is 0. The van der Waals surface area contributed by atoms with Crippen molar-refractivity contribution < 1.29 is 0 Å². The standard InChI is InChI=1S/C18H25BrS2/c1-2-3-4-5-6-7-8-9-10-15-11-12-17(21-15)16-13-14-20-18(16)19/h11-14H,2-10H2,1H3. The van der Waals surface area contributed by atoms with Crippen LogP contribution in [0, 0.1) is 0 Å². The van der Waals surface area contributed by atoms with Gasteiger partial charge in [-0.3, -0.25) is 0 Å². The summed E-state index contributed by atoms with van der Waals surface area (Å²) in [6, 6.07) is 6.80. The molecule has 0 bridgehead atoms. The van der Waals surface area contributed by atoms with E-state index in [0.29, 0.717) is 0 Å². The van der Waals surface area contributed by atoms with Crippen LogP contribution in [0.4, 0.5) is 0 Å². The van der Waals surface area contributed by atoms with Crippen molar-refractivity contribution in [1.82, 2.24) is 0 Å². The normalized spacial score (nSPS) is 11.1. The van der Waals surface area contributed by atoms with Crippen molar-refractivity contribution in [2.45, 2.75) is 64.7 Å². The Labute approximate surface area is 145 Å².